The lowest BCUT2D eigenvalue weighted by atomic mass is 10.3. The maximum Gasteiger partial charge on any atom is 0.343 e. The van der Waals surface area contributed by atoms with Gasteiger partial charge in [0.25, 0.3) is 5.91 Å². The molecule has 1 heterocycles. The largest absolute Gasteiger partial charge is 0.465 e. The second-order valence-electron chi connectivity index (χ2n) is 1.66. The highest BCUT2D eigenvalue weighted by atomic mass is 16.5. The Morgan fingerprint density at radius 2 is 2.40 bits per heavy atom. The predicted octanol–water partition coefficient (Wildman–Crippen LogP) is -0.303. The topological polar surface area (TPSA) is 55.7 Å². The van der Waals surface area contributed by atoms with Crippen LogP contribution in [0.5, 0.6) is 0 Å². The zero-order valence-electron chi connectivity index (χ0n) is 5.33. The average Bonchev–Trinajstić information content (AvgIpc) is 2.34. The number of methoxy groups -OCH3 is 1. The number of nitrogens with zero attached hydrogens (tertiary/aromatic N) is 1. The smallest absolute Gasteiger partial charge is 0.343 e. The first-order valence-corrected chi connectivity index (χ1v) is 2.62. The number of aliphatic imine (C=N–C) groups is 1. The standard InChI is InChI=1S/C6H5NO3/c1-10-6(9)4-2-3-7-5(4)8/h2-3H,1H3. The number of esters is 1. The van der Waals surface area contributed by atoms with Gasteiger partial charge in [0.1, 0.15) is 5.57 Å². The van der Waals surface area contributed by atoms with Crippen LogP contribution in [0.4, 0.5) is 0 Å². The molecule has 0 fully saturated rings. The van der Waals surface area contributed by atoms with Crippen molar-refractivity contribution < 1.29 is 14.3 Å². The summed E-state index contributed by atoms with van der Waals surface area (Å²) in [5.41, 5.74) is -0.0116. The van der Waals surface area contributed by atoms with Crippen LogP contribution in [0.1, 0.15) is 0 Å². The third-order valence-corrected chi connectivity index (χ3v) is 1.07. The number of allylic oxidation sites excluding steroid dienone is 1. The summed E-state index contributed by atoms with van der Waals surface area (Å²) < 4.78 is 4.30. The Hall–Kier alpha value is -1.45. The molecule has 0 N–H and O–H groups in total. The maximum atomic E-state index is 10.6. The van der Waals surface area contributed by atoms with E-state index in [4.69, 9.17) is 0 Å². The Morgan fingerprint density at radius 1 is 1.70 bits per heavy atom. The van der Waals surface area contributed by atoms with Crippen molar-refractivity contribution in [3.8, 4) is 0 Å². The van der Waals surface area contributed by atoms with Crippen LogP contribution in [0.3, 0.4) is 0 Å². The second kappa shape index (κ2) is 2.43. The first kappa shape index (κ1) is 6.67. The second-order valence-corrected chi connectivity index (χ2v) is 1.66. The van der Waals surface area contributed by atoms with E-state index in [1.54, 1.807) is 0 Å². The Labute approximate surface area is 57.2 Å². The van der Waals surface area contributed by atoms with Crippen molar-refractivity contribution >= 4 is 18.1 Å². The monoisotopic (exact) mass is 139 g/mol. The lowest BCUT2D eigenvalue weighted by molar-refractivity contribution is -0.137. The van der Waals surface area contributed by atoms with Crippen molar-refractivity contribution in [2.75, 3.05) is 7.11 Å². The van der Waals surface area contributed by atoms with E-state index in [1.807, 2.05) is 0 Å². The molecule has 0 aromatic rings. The van der Waals surface area contributed by atoms with Crippen LogP contribution in [0, 0.1) is 0 Å². The molecule has 4 heteroatoms. The van der Waals surface area contributed by atoms with E-state index in [2.05, 4.69) is 9.73 Å². The van der Waals surface area contributed by atoms with Gasteiger partial charge >= 0.3 is 5.97 Å². The van der Waals surface area contributed by atoms with Gasteiger partial charge in [-0.3, -0.25) is 4.79 Å². The van der Waals surface area contributed by atoms with Gasteiger partial charge in [0, 0.05) is 6.21 Å². The summed E-state index contributed by atoms with van der Waals surface area (Å²) in [4.78, 5) is 24.6. The summed E-state index contributed by atoms with van der Waals surface area (Å²) in [7, 11) is 1.22. The van der Waals surface area contributed by atoms with Crippen LogP contribution >= 0.6 is 0 Å². The molecular weight excluding hydrogens is 134 g/mol. The molecule has 0 saturated carbocycles. The fraction of sp³-hybridized carbons (Fsp3) is 0.167. The molecule has 4 nitrogen and oxygen atoms in total. The molecule has 52 valence electrons. The lowest BCUT2D eigenvalue weighted by Gasteiger charge is -1.93. The van der Waals surface area contributed by atoms with Gasteiger partial charge in [-0.1, -0.05) is 0 Å². The van der Waals surface area contributed by atoms with E-state index in [0.717, 1.165) is 0 Å². The highest BCUT2D eigenvalue weighted by Crippen LogP contribution is 2.03. The number of hydrogen-bond donors (Lipinski definition) is 0. The number of amides is 1. The Balaban J connectivity index is 2.77. The van der Waals surface area contributed by atoms with Gasteiger partial charge in [-0.05, 0) is 6.08 Å². The normalized spacial score (nSPS) is 15.3. The molecule has 0 saturated heterocycles. The molecule has 0 bridgehead atoms. The summed E-state index contributed by atoms with van der Waals surface area (Å²) in [6.45, 7) is 0. The summed E-state index contributed by atoms with van der Waals surface area (Å²) in [6, 6.07) is 0. The van der Waals surface area contributed by atoms with Crippen LogP contribution in [-0.4, -0.2) is 25.2 Å². The van der Waals surface area contributed by atoms with Crippen molar-refractivity contribution in [3.05, 3.63) is 11.6 Å². The summed E-state index contributed by atoms with van der Waals surface area (Å²) in [5.74, 6) is -1.17. The molecule has 0 aliphatic carbocycles. The van der Waals surface area contributed by atoms with E-state index < -0.39 is 11.9 Å². The highest BCUT2D eigenvalue weighted by Gasteiger charge is 2.19. The Kier molecular flexibility index (Phi) is 1.62. The van der Waals surface area contributed by atoms with Crippen molar-refractivity contribution in [1.29, 1.82) is 0 Å². The van der Waals surface area contributed by atoms with Crippen molar-refractivity contribution in [2.45, 2.75) is 0 Å². The molecule has 1 aliphatic heterocycles. The van der Waals surface area contributed by atoms with Gasteiger partial charge in [-0.15, -0.1) is 0 Å². The highest BCUT2D eigenvalue weighted by molar-refractivity contribution is 6.23. The van der Waals surface area contributed by atoms with E-state index in [0.29, 0.717) is 0 Å². The Bertz CT molecular complexity index is 239. The van der Waals surface area contributed by atoms with Crippen molar-refractivity contribution in [2.24, 2.45) is 4.99 Å². The fourth-order valence-corrected chi connectivity index (χ4v) is 0.586. The van der Waals surface area contributed by atoms with Gasteiger partial charge in [-0.2, -0.15) is 0 Å². The van der Waals surface area contributed by atoms with Crippen LogP contribution in [0.15, 0.2) is 16.6 Å². The zero-order chi connectivity index (χ0) is 7.56. The molecule has 10 heavy (non-hydrogen) atoms. The third-order valence-electron chi connectivity index (χ3n) is 1.07. The number of carbonyl (C=O) groups is 2. The molecule has 1 aliphatic rings. The molecule has 0 unspecified atom stereocenters. The SMILES string of the molecule is COC(=O)C1=CC=NC1=O. The Morgan fingerprint density at radius 3 is 2.80 bits per heavy atom. The number of carbonyl (C=O) groups excluding carboxylic acids is 2. The van der Waals surface area contributed by atoms with E-state index in [9.17, 15) is 9.59 Å². The first-order valence-electron chi connectivity index (χ1n) is 2.62. The number of hydrogen-bond acceptors (Lipinski definition) is 3. The molecule has 0 spiro atoms. The minimum atomic E-state index is -0.637. The van der Waals surface area contributed by atoms with Crippen molar-refractivity contribution in [3.63, 3.8) is 0 Å². The zero-order valence-corrected chi connectivity index (χ0v) is 5.33. The fourth-order valence-electron chi connectivity index (χ4n) is 0.586. The molecule has 0 aromatic heterocycles. The molecule has 0 radical (unpaired) electrons. The molecule has 0 atom stereocenters. The quantitative estimate of drug-likeness (QED) is 0.370. The summed E-state index contributed by atoms with van der Waals surface area (Å²) in [5, 5.41) is 0. The third kappa shape index (κ3) is 0.953. The molecule has 1 rings (SSSR count). The van der Waals surface area contributed by atoms with Crippen LogP contribution in [0.2, 0.25) is 0 Å². The maximum absolute atomic E-state index is 10.6. The average molecular weight is 139 g/mol. The number of rotatable bonds is 1. The van der Waals surface area contributed by atoms with Crippen LogP contribution < -0.4 is 0 Å². The van der Waals surface area contributed by atoms with E-state index in [1.165, 1.54) is 19.4 Å². The van der Waals surface area contributed by atoms with E-state index in [-0.39, 0.29) is 5.57 Å². The minimum absolute atomic E-state index is 0.0116. The first-order chi connectivity index (χ1) is 4.75. The molecule has 0 aromatic carbocycles. The van der Waals surface area contributed by atoms with Crippen LogP contribution in [-0.2, 0) is 14.3 Å². The van der Waals surface area contributed by atoms with Gasteiger partial charge in [0.15, 0.2) is 0 Å². The predicted molar refractivity (Wildman–Crippen MR) is 33.6 cm³/mol. The van der Waals surface area contributed by atoms with E-state index >= 15 is 0 Å². The lowest BCUT2D eigenvalue weighted by Crippen LogP contribution is -2.09. The van der Waals surface area contributed by atoms with Gasteiger partial charge in [-0.25, -0.2) is 9.79 Å². The summed E-state index contributed by atoms with van der Waals surface area (Å²) >= 11 is 0. The van der Waals surface area contributed by atoms with Gasteiger partial charge in [0.05, 0.1) is 7.11 Å². The number of ether oxygens (including phenoxy) is 1. The van der Waals surface area contributed by atoms with Crippen LogP contribution in [0.25, 0.3) is 0 Å². The molecular formula is C6H5NO3. The van der Waals surface area contributed by atoms with Gasteiger partial charge in [0.2, 0.25) is 0 Å². The van der Waals surface area contributed by atoms with Crippen molar-refractivity contribution in [1.82, 2.24) is 0 Å². The summed E-state index contributed by atoms with van der Waals surface area (Å²) in [6.07, 6.45) is 2.60. The minimum Gasteiger partial charge on any atom is -0.465 e. The van der Waals surface area contributed by atoms with Gasteiger partial charge < -0.3 is 4.74 Å². The molecule has 1 amide bonds.